The number of aliphatic hydroxyl groups is 3. The normalized spacial score (nSPS) is 27.8. The zero-order valence-corrected chi connectivity index (χ0v) is 12.8. The van der Waals surface area contributed by atoms with Gasteiger partial charge in [-0.25, -0.2) is 9.97 Å². The van der Waals surface area contributed by atoms with Gasteiger partial charge in [-0.3, -0.25) is 0 Å². The molecule has 7 nitrogen and oxygen atoms in total. The van der Waals surface area contributed by atoms with Gasteiger partial charge in [0.1, 0.15) is 30.3 Å². The van der Waals surface area contributed by atoms with Crippen LogP contribution in [-0.2, 0) is 4.74 Å². The van der Waals surface area contributed by atoms with Crippen LogP contribution < -0.4 is 0 Å². The number of hydrogen-bond donors (Lipinski definition) is 3. The van der Waals surface area contributed by atoms with Crippen LogP contribution in [-0.4, -0.2) is 54.8 Å². The third kappa shape index (κ3) is 2.27. The van der Waals surface area contributed by atoms with Crippen molar-refractivity contribution >= 4 is 22.4 Å². The molecule has 23 heavy (non-hydrogen) atoms. The number of aromatic nitrogens is 3. The minimum absolute atomic E-state index is 0.358. The summed E-state index contributed by atoms with van der Waals surface area (Å²) in [7, 11) is 0. The van der Waals surface area contributed by atoms with E-state index in [1.807, 2.05) is 23.6 Å². The van der Waals surface area contributed by atoms with E-state index in [4.69, 9.17) is 4.74 Å². The molecule has 8 heteroatoms. The fourth-order valence-electron chi connectivity index (χ4n) is 2.90. The van der Waals surface area contributed by atoms with Gasteiger partial charge in [0, 0.05) is 11.6 Å². The summed E-state index contributed by atoms with van der Waals surface area (Å²) in [6.45, 7) is -0.358. The minimum atomic E-state index is -1.14. The van der Waals surface area contributed by atoms with E-state index in [9.17, 15) is 15.3 Å². The van der Waals surface area contributed by atoms with E-state index in [0.717, 1.165) is 16.0 Å². The van der Waals surface area contributed by atoms with E-state index in [-0.39, 0.29) is 6.61 Å². The molecular formula is C15H15N3O4S. The molecule has 3 N–H and O–H groups in total. The van der Waals surface area contributed by atoms with Crippen LogP contribution in [0.3, 0.4) is 0 Å². The molecule has 120 valence electrons. The van der Waals surface area contributed by atoms with Crippen LogP contribution in [0, 0.1) is 0 Å². The van der Waals surface area contributed by atoms with E-state index in [1.54, 1.807) is 22.1 Å². The number of rotatable bonds is 3. The van der Waals surface area contributed by atoms with Crippen LogP contribution in [0.2, 0.25) is 0 Å². The van der Waals surface area contributed by atoms with Gasteiger partial charge in [0.15, 0.2) is 6.23 Å². The molecule has 0 aliphatic carbocycles. The summed E-state index contributed by atoms with van der Waals surface area (Å²) in [5.41, 5.74) is 1.42. The van der Waals surface area contributed by atoms with E-state index < -0.39 is 24.5 Å². The largest absolute Gasteiger partial charge is 0.394 e. The van der Waals surface area contributed by atoms with E-state index >= 15 is 0 Å². The Labute approximate surface area is 135 Å². The van der Waals surface area contributed by atoms with Crippen LogP contribution in [0.1, 0.15) is 6.23 Å². The van der Waals surface area contributed by atoms with Gasteiger partial charge in [0.25, 0.3) is 0 Å². The lowest BCUT2D eigenvalue weighted by atomic mass is 10.1. The first kappa shape index (κ1) is 14.7. The zero-order valence-electron chi connectivity index (χ0n) is 12.0. The maximum absolute atomic E-state index is 10.2. The molecule has 3 aromatic rings. The van der Waals surface area contributed by atoms with Gasteiger partial charge in [-0.1, -0.05) is 6.07 Å². The second-order valence-electron chi connectivity index (χ2n) is 5.39. The van der Waals surface area contributed by atoms with Crippen LogP contribution in [0.15, 0.2) is 36.1 Å². The first-order chi connectivity index (χ1) is 11.2. The van der Waals surface area contributed by atoms with Crippen molar-refractivity contribution in [3.05, 3.63) is 36.1 Å². The van der Waals surface area contributed by atoms with Crippen molar-refractivity contribution in [1.82, 2.24) is 14.5 Å². The number of nitrogens with zero attached hydrogens (tertiary/aromatic N) is 3. The Morgan fingerprint density at radius 3 is 2.78 bits per heavy atom. The fraction of sp³-hybridized carbons (Fsp3) is 0.333. The highest BCUT2D eigenvalue weighted by Gasteiger charge is 2.43. The number of fused-ring (bicyclic) bond motifs is 1. The highest BCUT2D eigenvalue weighted by molar-refractivity contribution is 7.13. The summed E-state index contributed by atoms with van der Waals surface area (Å²) in [6, 6.07) is 5.80. The van der Waals surface area contributed by atoms with Gasteiger partial charge in [-0.05, 0) is 17.5 Å². The molecule has 4 rings (SSSR count). The quantitative estimate of drug-likeness (QED) is 0.655. The first-order valence-electron chi connectivity index (χ1n) is 7.18. The van der Waals surface area contributed by atoms with E-state index in [2.05, 4.69) is 9.97 Å². The maximum atomic E-state index is 10.2. The molecule has 1 fully saturated rings. The summed E-state index contributed by atoms with van der Waals surface area (Å²) in [4.78, 5) is 9.66. The molecular weight excluding hydrogens is 318 g/mol. The Kier molecular flexibility index (Phi) is 3.63. The lowest BCUT2D eigenvalue weighted by Crippen LogP contribution is -2.33. The number of ether oxygens (including phenoxy) is 1. The molecule has 4 heterocycles. The average molecular weight is 333 g/mol. The van der Waals surface area contributed by atoms with Crippen molar-refractivity contribution in [3.63, 3.8) is 0 Å². The van der Waals surface area contributed by atoms with Gasteiger partial charge >= 0.3 is 0 Å². The van der Waals surface area contributed by atoms with Crippen molar-refractivity contribution in [3.8, 4) is 10.6 Å². The molecule has 0 spiro atoms. The summed E-state index contributed by atoms with van der Waals surface area (Å²) >= 11 is 1.58. The standard InChI is InChI=1S/C15H15N3O4S/c19-6-9-12(20)13(21)15(22-9)18-4-3-8-11(10-2-1-5-23-10)16-7-17-14(8)18/h1-5,7,9,12-13,15,19-21H,6H2/t9-,12-,13+,15-/m1/s1. The molecule has 0 amide bonds. The minimum Gasteiger partial charge on any atom is -0.394 e. The maximum Gasteiger partial charge on any atom is 0.164 e. The molecule has 3 aromatic heterocycles. The van der Waals surface area contributed by atoms with Crippen molar-refractivity contribution in [2.24, 2.45) is 0 Å². The fourth-order valence-corrected chi connectivity index (χ4v) is 3.63. The zero-order chi connectivity index (χ0) is 16.0. The van der Waals surface area contributed by atoms with Crippen molar-refractivity contribution < 1.29 is 20.1 Å². The molecule has 0 bridgehead atoms. The SMILES string of the molecule is OC[C@H]1O[C@@H](n2ccc3c(-c4cccs4)ncnc32)[C@@H](O)[C@@H]1O. The summed E-state index contributed by atoms with van der Waals surface area (Å²) in [5, 5.41) is 32.2. The smallest absolute Gasteiger partial charge is 0.164 e. The third-order valence-electron chi connectivity index (χ3n) is 4.06. The first-order valence-corrected chi connectivity index (χ1v) is 8.06. The van der Waals surface area contributed by atoms with Gasteiger partial charge < -0.3 is 24.6 Å². The predicted molar refractivity (Wildman–Crippen MR) is 83.9 cm³/mol. The Morgan fingerprint density at radius 1 is 1.22 bits per heavy atom. The molecule has 0 aromatic carbocycles. The van der Waals surface area contributed by atoms with E-state index in [0.29, 0.717) is 5.65 Å². The van der Waals surface area contributed by atoms with Crippen LogP contribution in [0.5, 0.6) is 0 Å². The van der Waals surface area contributed by atoms with Gasteiger partial charge in [-0.15, -0.1) is 11.3 Å². The van der Waals surface area contributed by atoms with Crippen LogP contribution in [0.4, 0.5) is 0 Å². The summed E-state index contributed by atoms with van der Waals surface area (Å²) in [5.74, 6) is 0. The van der Waals surface area contributed by atoms with Crippen molar-refractivity contribution in [2.75, 3.05) is 6.61 Å². The highest BCUT2D eigenvalue weighted by Crippen LogP contribution is 2.34. The highest BCUT2D eigenvalue weighted by atomic mass is 32.1. The lowest BCUT2D eigenvalue weighted by molar-refractivity contribution is -0.0508. The van der Waals surface area contributed by atoms with Gasteiger partial charge in [-0.2, -0.15) is 0 Å². The monoisotopic (exact) mass is 333 g/mol. The van der Waals surface area contributed by atoms with E-state index in [1.165, 1.54) is 6.33 Å². The number of thiophene rings is 1. The van der Waals surface area contributed by atoms with Crippen molar-refractivity contribution in [2.45, 2.75) is 24.5 Å². The Hall–Kier alpha value is -1.84. The molecule has 0 saturated carbocycles. The molecule has 0 radical (unpaired) electrons. The molecule has 1 aliphatic rings. The number of hydrogen-bond acceptors (Lipinski definition) is 7. The summed E-state index contributed by atoms with van der Waals surface area (Å²) in [6.07, 6.45) is -0.674. The Bertz CT molecular complexity index is 819. The Balaban J connectivity index is 1.80. The second-order valence-corrected chi connectivity index (χ2v) is 6.34. The summed E-state index contributed by atoms with van der Waals surface area (Å²) < 4.78 is 7.24. The number of aliphatic hydroxyl groups excluding tert-OH is 3. The molecule has 0 unspecified atom stereocenters. The van der Waals surface area contributed by atoms with Gasteiger partial charge in [0.05, 0.1) is 17.2 Å². The predicted octanol–water partition coefficient (Wildman–Crippen LogP) is 0.771. The average Bonchev–Trinajstić information content (AvgIpc) is 3.28. The lowest BCUT2D eigenvalue weighted by Gasteiger charge is -2.17. The van der Waals surface area contributed by atoms with Gasteiger partial charge in [0.2, 0.25) is 0 Å². The van der Waals surface area contributed by atoms with Crippen molar-refractivity contribution in [1.29, 1.82) is 0 Å². The van der Waals surface area contributed by atoms with Crippen LogP contribution >= 0.6 is 11.3 Å². The third-order valence-corrected chi connectivity index (χ3v) is 4.93. The topological polar surface area (TPSA) is 101 Å². The van der Waals surface area contributed by atoms with Crippen LogP contribution in [0.25, 0.3) is 21.6 Å². The Morgan fingerprint density at radius 2 is 2.09 bits per heavy atom. The molecule has 4 atom stereocenters. The second kappa shape index (κ2) is 5.66. The molecule has 1 saturated heterocycles. The molecule has 1 aliphatic heterocycles.